The van der Waals surface area contributed by atoms with Crippen molar-refractivity contribution < 1.29 is 13.9 Å². The molecule has 1 heterocycles. The number of benzene rings is 1. The van der Waals surface area contributed by atoms with E-state index in [9.17, 15) is 9.18 Å². The summed E-state index contributed by atoms with van der Waals surface area (Å²) >= 11 is 7.31. The van der Waals surface area contributed by atoms with Crippen LogP contribution in [0.15, 0.2) is 29.5 Å². The van der Waals surface area contributed by atoms with E-state index in [4.69, 9.17) is 16.3 Å². The van der Waals surface area contributed by atoms with E-state index in [1.165, 1.54) is 19.2 Å². The lowest BCUT2D eigenvalue weighted by Gasteiger charge is -2.09. The summed E-state index contributed by atoms with van der Waals surface area (Å²) in [7, 11) is 1.35. The molecule has 0 aliphatic carbocycles. The van der Waals surface area contributed by atoms with Crippen molar-refractivity contribution in [2.45, 2.75) is 0 Å². The Bertz CT molecular complexity index is 519. The molecule has 1 aromatic rings. The van der Waals surface area contributed by atoms with Crippen molar-refractivity contribution in [1.29, 1.82) is 0 Å². The first kappa shape index (κ1) is 13.2. The van der Waals surface area contributed by atoms with Crippen LogP contribution in [0.4, 0.5) is 10.1 Å². The number of anilines is 1. The summed E-state index contributed by atoms with van der Waals surface area (Å²) in [5.74, 6) is 0.504. The molecule has 1 aliphatic heterocycles. The summed E-state index contributed by atoms with van der Waals surface area (Å²) in [6.45, 7) is 0. The predicted molar refractivity (Wildman–Crippen MR) is 71.4 cm³/mol. The molecule has 0 spiro atoms. The molecule has 1 N–H and O–H groups in total. The molecule has 0 saturated heterocycles. The number of methoxy groups -OCH3 is 1. The average Bonchev–Trinajstić information content (AvgIpc) is 2.81. The first-order chi connectivity index (χ1) is 8.61. The van der Waals surface area contributed by atoms with E-state index >= 15 is 0 Å². The van der Waals surface area contributed by atoms with Gasteiger partial charge in [0.2, 0.25) is 0 Å². The smallest absolute Gasteiger partial charge is 0.336 e. The quantitative estimate of drug-likeness (QED) is 0.867. The molecular weight excluding hydrogens is 277 g/mol. The molecule has 0 unspecified atom stereocenters. The van der Waals surface area contributed by atoms with Crippen LogP contribution >= 0.6 is 23.4 Å². The lowest BCUT2D eigenvalue weighted by atomic mass is 10.2. The molecule has 0 bridgehead atoms. The molecule has 0 radical (unpaired) electrons. The largest absolute Gasteiger partial charge is 0.466 e. The van der Waals surface area contributed by atoms with Crippen LogP contribution in [-0.4, -0.2) is 24.6 Å². The average molecular weight is 288 g/mol. The van der Waals surface area contributed by atoms with Crippen molar-refractivity contribution in [3.05, 3.63) is 40.3 Å². The normalized spacial score (nSPS) is 14.8. The van der Waals surface area contributed by atoms with Gasteiger partial charge in [0, 0.05) is 22.9 Å². The van der Waals surface area contributed by atoms with Crippen LogP contribution in [0.5, 0.6) is 0 Å². The van der Waals surface area contributed by atoms with Gasteiger partial charge in [-0.2, -0.15) is 11.8 Å². The first-order valence-electron chi connectivity index (χ1n) is 5.22. The van der Waals surface area contributed by atoms with Crippen LogP contribution in [0.1, 0.15) is 0 Å². The highest BCUT2D eigenvalue weighted by Gasteiger charge is 2.22. The molecule has 0 aromatic heterocycles. The Balaban J connectivity index is 2.22. The van der Waals surface area contributed by atoms with Crippen LogP contribution in [0.2, 0.25) is 5.02 Å². The van der Waals surface area contributed by atoms with Gasteiger partial charge in [-0.15, -0.1) is 0 Å². The minimum atomic E-state index is -0.467. The van der Waals surface area contributed by atoms with E-state index in [0.717, 1.165) is 5.70 Å². The molecule has 96 valence electrons. The maximum atomic E-state index is 13.0. The standard InChI is InChI=1S/C12H11ClFNO2S/c1-17-12(16)8-5-18-6-11(8)15-7-2-3-10(14)9(13)4-7/h2-4,15H,5-6H2,1H3. The fraction of sp³-hybridized carbons (Fsp3) is 0.250. The molecule has 0 amide bonds. The van der Waals surface area contributed by atoms with Crippen molar-refractivity contribution in [3.8, 4) is 0 Å². The Labute approximate surface area is 113 Å². The topological polar surface area (TPSA) is 38.3 Å². The number of carbonyl (C=O) groups is 1. The number of hydrogen-bond donors (Lipinski definition) is 1. The van der Waals surface area contributed by atoms with Crippen molar-refractivity contribution in [1.82, 2.24) is 0 Å². The van der Waals surface area contributed by atoms with Crippen LogP contribution in [-0.2, 0) is 9.53 Å². The van der Waals surface area contributed by atoms with Crippen LogP contribution in [0.25, 0.3) is 0 Å². The van der Waals surface area contributed by atoms with E-state index in [-0.39, 0.29) is 11.0 Å². The van der Waals surface area contributed by atoms with Gasteiger partial charge in [0.1, 0.15) is 5.82 Å². The third-order valence-corrected chi connectivity index (χ3v) is 3.78. The SMILES string of the molecule is COC(=O)C1=C(Nc2ccc(F)c(Cl)c2)CSC1. The second-order valence-corrected chi connectivity index (χ2v) is 5.09. The molecule has 0 atom stereocenters. The highest BCUT2D eigenvalue weighted by molar-refractivity contribution is 8.00. The molecular formula is C12H11ClFNO2S. The molecule has 1 aromatic carbocycles. The predicted octanol–water partition coefficient (Wildman–Crippen LogP) is 3.06. The highest BCUT2D eigenvalue weighted by Crippen LogP contribution is 2.28. The van der Waals surface area contributed by atoms with Crippen LogP contribution in [0, 0.1) is 5.82 Å². The van der Waals surface area contributed by atoms with Gasteiger partial charge < -0.3 is 10.1 Å². The Hall–Kier alpha value is -1.20. The van der Waals surface area contributed by atoms with E-state index in [1.807, 2.05) is 0 Å². The summed E-state index contributed by atoms with van der Waals surface area (Å²) in [5.41, 5.74) is 2.05. The second kappa shape index (κ2) is 5.63. The summed E-state index contributed by atoms with van der Waals surface area (Å²) in [6.07, 6.45) is 0. The van der Waals surface area contributed by atoms with Crippen molar-refractivity contribution in [2.75, 3.05) is 23.9 Å². The number of esters is 1. The molecule has 6 heteroatoms. The zero-order valence-electron chi connectivity index (χ0n) is 9.63. The maximum Gasteiger partial charge on any atom is 0.336 e. The molecule has 18 heavy (non-hydrogen) atoms. The van der Waals surface area contributed by atoms with Crippen LogP contribution in [0.3, 0.4) is 0 Å². The first-order valence-corrected chi connectivity index (χ1v) is 6.75. The van der Waals surface area contributed by atoms with Gasteiger partial charge in [0.05, 0.1) is 17.7 Å². The molecule has 3 nitrogen and oxygen atoms in total. The van der Waals surface area contributed by atoms with Crippen molar-refractivity contribution in [3.63, 3.8) is 0 Å². The highest BCUT2D eigenvalue weighted by atomic mass is 35.5. The Morgan fingerprint density at radius 1 is 1.50 bits per heavy atom. The summed E-state index contributed by atoms with van der Waals surface area (Å²) in [4.78, 5) is 11.5. The van der Waals surface area contributed by atoms with Gasteiger partial charge in [-0.25, -0.2) is 9.18 Å². The van der Waals surface area contributed by atoms with Gasteiger partial charge >= 0.3 is 5.97 Å². The summed E-state index contributed by atoms with van der Waals surface area (Å²) < 4.78 is 17.7. The zero-order chi connectivity index (χ0) is 13.1. The number of hydrogen-bond acceptors (Lipinski definition) is 4. The second-order valence-electron chi connectivity index (χ2n) is 3.70. The minimum Gasteiger partial charge on any atom is -0.466 e. The number of nitrogens with one attached hydrogen (secondary N) is 1. The fourth-order valence-electron chi connectivity index (χ4n) is 1.59. The molecule has 1 aliphatic rings. The van der Waals surface area contributed by atoms with Gasteiger partial charge in [-0.3, -0.25) is 0 Å². The third-order valence-electron chi connectivity index (χ3n) is 2.50. The Kier molecular flexibility index (Phi) is 4.14. The number of halogens is 2. The van der Waals surface area contributed by atoms with Crippen LogP contribution < -0.4 is 5.32 Å². The monoisotopic (exact) mass is 287 g/mol. The third kappa shape index (κ3) is 2.79. The summed E-state index contributed by atoms with van der Waals surface area (Å²) in [5, 5.41) is 3.13. The Morgan fingerprint density at radius 3 is 2.94 bits per heavy atom. The lowest BCUT2D eigenvalue weighted by Crippen LogP contribution is -2.11. The van der Waals surface area contributed by atoms with Crippen molar-refractivity contribution >= 4 is 35.0 Å². The number of ether oxygens (including phenoxy) is 1. The van der Waals surface area contributed by atoms with Gasteiger partial charge in [-0.05, 0) is 18.2 Å². The Morgan fingerprint density at radius 2 is 2.28 bits per heavy atom. The molecule has 2 rings (SSSR count). The molecule has 0 fully saturated rings. The van der Waals surface area contributed by atoms with E-state index in [2.05, 4.69) is 5.32 Å². The van der Waals surface area contributed by atoms with E-state index in [0.29, 0.717) is 22.8 Å². The maximum absolute atomic E-state index is 13.0. The van der Waals surface area contributed by atoms with Gasteiger partial charge in [0.25, 0.3) is 0 Å². The molecule has 0 saturated carbocycles. The minimum absolute atomic E-state index is 0.0471. The summed E-state index contributed by atoms with van der Waals surface area (Å²) in [6, 6.07) is 4.35. The lowest BCUT2D eigenvalue weighted by molar-refractivity contribution is -0.136. The number of rotatable bonds is 3. The van der Waals surface area contributed by atoms with Crippen molar-refractivity contribution in [2.24, 2.45) is 0 Å². The fourth-order valence-corrected chi connectivity index (χ4v) is 2.82. The van der Waals surface area contributed by atoms with Gasteiger partial charge in [-0.1, -0.05) is 11.6 Å². The zero-order valence-corrected chi connectivity index (χ0v) is 11.2. The number of carbonyl (C=O) groups excluding carboxylic acids is 1. The number of thioether (sulfide) groups is 1. The van der Waals surface area contributed by atoms with E-state index < -0.39 is 5.82 Å². The van der Waals surface area contributed by atoms with E-state index in [1.54, 1.807) is 17.8 Å². The van der Waals surface area contributed by atoms with Gasteiger partial charge in [0.15, 0.2) is 0 Å².